The highest BCUT2D eigenvalue weighted by Gasteiger charge is 2.29. The van der Waals surface area contributed by atoms with Gasteiger partial charge in [-0.3, -0.25) is 10.1 Å². The van der Waals surface area contributed by atoms with E-state index in [2.05, 4.69) is 0 Å². The average Bonchev–Trinajstić information content (AvgIpc) is 2.28. The first-order chi connectivity index (χ1) is 7.95. The molecule has 0 unspecified atom stereocenters. The van der Waals surface area contributed by atoms with Gasteiger partial charge >= 0.3 is 0 Å². The number of hydrogen-bond donors (Lipinski definition) is 2. The predicted octanol–water partition coefficient (Wildman–Crippen LogP) is 2.87. The summed E-state index contributed by atoms with van der Waals surface area (Å²) in [6.07, 6.45) is 4.87. The van der Waals surface area contributed by atoms with Gasteiger partial charge in [-0.15, -0.1) is 0 Å². The molecule has 96 valence electrons. The van der Waals surface area contributed by atoms with Crippen molar-refractivity contribution in [2.45, 2.75) is 46.0 Å². The van der Waals surface area contributed by atoms with Crippen LogP contribution in [-0.2, 0) is 0 Å². The molecule has 0 aromatic carbocycles. The lowest BCUT2D eigenvalue weighted by molar-refractivity contribution is -0.435. The van der Waals surface area contributed by atoms with Gasteiger partial charge in [0.25, 0.3) is 5.70 Å². The molecule has 0 heterocycles. The monoisotopic (exact) mass is 240 g/mol. The van der Waals surface area contributed by atoms with E-state index in [0.29, 0.717) is 5.57 Å². The molecule has 1 rings (SSSR count). The van der Waals surface area contributed by atoms with Gasteiger partial charge in [0.1, 0.15) is 5.76 Å². The fourth-order valence-electron chi connectivity index (χ4n) is 2.38. The van der Waals surface area contributed by atoms with Crippen molar-refractivity contribution in [1.82, 2.24) is 0 Å². The SMILES string of the molecule is C/C(O)=C(N)\C(C)=C(/C1CCCCC1)[N+](=O)[O-]. The van der Waals surface area contributed by atoms with Gasteiger partial charge in [0.2, 0.25) is 0 Å². The number of nitrogens with two attached hydrogens (primary N) is 1. The quantitative estimate of drug-likeness (QED) is 0.343. The normalized spacial score (nSPS) is 20.6. The molecule has 5 nitrogen and oxygen atoms in total. The zero-order chi connectivity index (χ0) is 13.0. The molecule has 0 amide bonds. The number of aliphatic hydroxyl groups is 1. The molecule has 1 aliphatic rings. The first kappa shape index (κ1) is 13.5. The van der Waals surface area contributed by atoms with Crippen LogP contribution in [-0.4, -0.2) is 10.0 Å². The van der Waals surface area contributed by atoms with Crippen LogP contribution in [0.4, 0.5) is 0 Å². The molecule has 1 aliphatic carbocycles. The highest BCUT2D eigenvalue weighted by molar-refractivity contribution is 5.31. The highest BCUT2D eigenvalue weighted by Crippen LogP contribution is 2.32. The summed E-state index contributed by atoms with van der Waals surface area (Å²) < 4.78 is 0. The molecular weight excluding hydrogens is 220 g/mol. The van der Waals surface area contributed by atoms with Crippen molar-refractivity contribution in [3.8, 4) is 0 Å². The summed E-state index contributed by atoms with van der Waals surface area (Å²) in [5.74, 6) is -0.0886. The lowest BCUT2D eigenvalue weighted by Crippen LogP contribution is -2.19. The minimum Gasteiger partial charge on any atom is -0.510 e. The van der Waals surface area contributed by atoms with Gasteiger partial charge in [-0.25, -0.2) is 0 Å². The minimum atomic E-state index is -0.346. The van der Waals surface area contributed by atoms with Gasteiger partial charge in [0.05, 0.1) is 16.5 Å². The van der Waals surface area contributed by atoms with Gasteiger partial charge in [-0.2, -0.15) is 0 Å². The number of aliphatic hydroxyl groups excluding tert-OH is 1. The van der Waals surface area contributed by atoms with E-state index in [1.54, 1.807) is 6.92 Å². The largest absolute Gasteiger partial charge is 0.510 e. The van der Waals surface area contributed by atoms with Crippen LogP contribution >= 0.6 is 0 Å². The molecule has 3 N–H and O–H groups in total. The Balaban J connectivity index is 3.11. The van der Waals surface area contributed by atoms with Crippen molar-refractivity contribution in [3.05, 3.63) is 32.8 Å². The second-order valence-corrected chi connectivity index (χ2v) is 4.60. The maximum absolute atomic E-state index is 11.2. The standard InChI is InChI=1S/C12H20N2O3/c1-8(11(13)9(2)15)12(14(16)17)10-6-4-3-5-7-10/h10,15H,3-7,13H2,1-2H3/b11-9-,12-8+. The summed E-state index contributed by atoms with van der Waals surface area (Å²) in [5.41, 5.74) is 6.38. The molecule has 0 aliphatic heterocycles. The Labute approximate surface area is 101 Å². The molecule has 0 atom stereocenters. The third-order valence-corrected chi connectivity index (χ3v) is 3.37. The summed E-state index contributed by atoms with van der Waals surface area (Å²) in [5, 5.41) is 20.5. The van der Waals surface area contributed by atoms with E-state index in [0.717, 1.165) is 32.1 Å². The van der Waals surface area contributed by atoms with Crippen LogP contribution < -0.4 is 5.73 Å². The smallest absolute Gasteiger partial charge is 0.254 e. The molecule has 0 spiro atoms. The van der Waals surface area contributed by atoms with E-state index in [1.807, 2.05) is 0 Å². The van der Waals surface area contributed by atoms with Crippen molar-refractivity contribution in [2.24, 2.45) is 11.7 Å². The van der Waals surface area contributed by atoms with Crippen molar-refractivity contribution in [2.75, 3.05) is 0 Å². The Morgan fingerprint density at radius 1 is 1.29 bits per heavy atom. The Morgan fingerprint density at radius 3 is 2.24 bits per heavy atom. The first-order valence-corrected chi connectivity index (χ1v) is 5.96. The maximum atomic E-state index is 11.2. The van der Waals surface area contributed by atoms with E-state index in [-0.39, 0.29) is 28.0 Å². The first-order valence-electron chi connectivity index (χ1n) is 5.96. The van der Waals surface area contributed by atoms with Crippen LogP contribution in [0.3, 0.4) is 0 Å². The lowest BCUT2D eigenvalue weighted by atomic mass is 9.85. The summed E-state index contributed by atoms with van der Waals surface area (Å²) >= 11 is 0. The molecular formula is C12H20N2O3. The zero-order valence-corrected chi connectivity index (χ0v) is 10.4. The van der Waals surface area contributed by atoms with Crippen LogP contribution in [0.15, 0.2) is 22.7 Å². The van der Waals surface area contributed by atoms with Crippen molar-refractivity contribution < 1.29 is 10.0 Å². The lowest BCUT2D eigenvalue weighted by Gasteiger charge is -2.20. The highest BCUT2D eigenvalue weighted by atomic mass is 16.6. The summed E-state index contributed by atoms with van der Waals surface area (Å²) in [6, 6.07) is 0. The maximum Gasteiger partial charge on any atom is 0.254 e. The van der Waals surface area contributed by atoms with Crippen molar-refractivity contribution in [3.63, 3.8) is 0 Å². The Kier molecular flexibility index (Phi) is 4.54. The van der Waals surface area contributed by atoms with Gasteiger partial charge < -0.3 is 10.8 Å². The Morgan fingerprint density at radius 2 is 1.82 bits per heavy atom. The summed E-state index contributed by atoms with van der Waals surface area (Å²) in [7, 11) is 0. The van der Waals surface area contributed by atoms with Crippen molar-refractivity contribution in [1.29, 1.82) is 0 Å². The zero-order valence-electron chi connectivity index (χ0n) is 10.4. The van der Waals surface area contributed by atoms with Gasteiger partial charge in [-0.05, 0) is 26.7 Å². The van der Waals surface area contributed by atoms with E-state index < -0.39 is 0 Å². The Bertz CT molecular complexity index is 362. The van der Waals surface area contributed by atoms with Crippen LogP contribution in [0.1, 0.15) is 46.0 Å². The number of allylic oxidation sites excluding steroid dienone is 3. The summed E-state index contributed by atoms with van der Waals surface area (Å²) in [6.45, 7) is 3.05. The van der Waals surface area contributed by atoms with Crippen LogP contribution in [0.2, 0.25) is 0 Å². The van der Waals surface area contributed by atoms with Gasteiger partial charge in [-0.1, -0.05) is 19.3 Å². The topological polar surface area (TPSA) is 89.4 Å². The third-order valence-electron chi connectivity index (χ3n) is 3.37. The summed E-state index contributed by atoms with van der Waals surface area (Å²) in [4.78, 5) is 10.8. The second kappa shape index (κ2) is 5.70. The van der Waals surface area contributed by atoms with Crippen molar-refractivity contribution >= 4 is 0 Å². The molecule has 1 fully saturated rings. The Hall–Kier alpha value is -1.52. The fraction of sp³-hybridized carbons (Fsp3) is 0.667. The molecule has 0 aromatic rings. The van der Waals surface area contributed by atoms with Crippen LogP contribution in [0, 0.1) is 16.0 Å². The number of nitro groups is 1. The molecule has 5 heteroatoms. The van der Waals surface area contributed by atoms with Crippen LogP contribution in [0.5, 0.6) is 0 Å². The molecule has 17 heavy (non-hydrogen) atoms. The number of hydrogen-bond acceptors (Lipinski definition) is 4. The predicted molar refractivity (Wildman–Crippen MR) is 65.8 cm³/mol. The van der Waals surface area contributed by atoms with E-state index in [1.165, 1.54) is 6.92 Å². The molecule has 0 saturated heterocycles. The molecule has 0 aromatic heterocycles. The fourth-order valence-corrected chi connectivity index (χ4v) is 2.38. The van der Waals surface area contributed by atoms with E-state index in [9.17, 15) is 15.2 Å². The van der Waals surface area contributed by atoms with Gasteiger partial charge in [0.15, 0.2) is 0 Å². The molecule has 0 radical (unpaired) electrons. The van der Waals surface area contributed by atoms with Crippen LogP contribution in [0.25, 0.3) is 0 Å². The molecule has 0 bridgehead atoms. The van der Waals surface area contributed by atoms with Gasteiger partial charge in [0, 0.05) is 5.57 Å². The van der Waals surface area contributed by atoms with E-state index in [4.69, 9.17) is 5.73 Å². The molecule has 1 saturated carbocycles. The minimum absolute atomic E-state index is 0.0309. The number of rotatable bonds is 3. The second-order valence-electron chi connectivity index (χ2n) is 4.60. The van der Waals surface area contributed by atoms with E-state index >= 15 is 0 Å². The average molecular weight is 240 g/mol. The third kappa shape index (κ3) is 3.22. The number of nitrogens with zero attached hydrogens (tertiary/aromatic N) is 1.